The van der Waals surface area contributed by atoms with E-state index in [-0.39, 0.29) is 29.5 Å². The van der Waals surface area contributed by atoms with E-state index in [1.54, 1.807) is 6.20 Å². The number of aromatic nitrogens is 3. The van der Waals surface area contributed by atoms with E-state index in [1.165, 1.54) is 6.26 Å². The third-order valence-corrected chi connectivity index (χ3v) is 9.94. The molecule has 0 bridgehead atoms. The van der Waals surface area contributed by atoms with Crippen LogP contribution in [0.1, 0.15) is 64.6 Å². The molecule has 0 atom stereocenters. The smallest absolute Gasteiger partial charge is 0.311 e. The van der Waals surface area contributed by atoms with E-state index in [0.717, 1.165) is 36.6 Å². The Balaban J connectivity index is 1.16. The second kappa shape index (κ2) is 14.0. The molecule has 2 fully saturated rings. The molecule has 1 aromatic carbocycles. The molecule has 0 unspecified atom stereocenters. The first kappa shape index (κ1) is 32.5. The van der Waals surface area contributed by atoms with Crippen LogP contribution in [-0.4, -0.2) is 78.0 Å². The van der Waals surface area contributed by atoms with Gasteiger partial charge in [-0.05, 0) is 89.0 Å². The lowest BCUT2D eigenvalue weighted by molar-refractivity contribution is -0.159. The molecule has 0 radical (unpaired) electrons. The largest absolute Gasteiger partial charge is 0.493 e. The van der Waals surface area contributed by atoms with Gasteiger partial charge in [-0.15, -0.1) is 0 Å². The summed E-state index contributed by atoms with van der Waals surface area (Å²) in [6.07, 6.45) is 9.87. The van der Waals surface area contributed by atoms with Crippen LogP contribution < -0.4 is 4.74 Å². The van der Waals surface area contributed by atoms with Gasteiger partial charge in [-0.25, -0.2) is 18.4 Å². The Bertz CT molecular complexity index is 1690. The second-order valence-corrected chi connectivity index (χ2v) is 14.6. The third-order valence-electron chi connectivity index (χ3n) is 8.91. The highest BCUT2D eigenvalue weighted by molar-refractivity contribution is 7.90. The Kier molecular flexibility index (Phi) is 10.1. The molecule has 1 aliphatic carbocycles. The van der Waals surface area contributed by atoms with Gasteiger partial charge in [-0.3, -0.25) is 9.59 Å². The molecule has 240 valence electrons. The van der Waals surface area contributed by atoms with E-state index in [9.17, 15) is 18.0 Å². The molecule has 5 rings (SSSR count). The standard InChI is InChI=1S/C34H42N4O6S/c1-4-43-33(40)34(2)17-21-37(22-18-34)32(39)26-12-9-25(10-13-26)11-14-30-35-19-15-31(36-30)38-20-16-27-28(38)7-5-8-29(27)44-23-6-24-45(3,41)42/h5,7-8,15-16,19-20,25-26H,4,6,9-10,12-13,17-18,21-24H2,1-3H3. The summed E-state index contributed by atoms with van der Waals surface area (Å²) in [4.78, 5) is 36.6. The number of carbonyl (C=O) groups is 2. The molecule has 3 heterocycles. The molecule has 10 nitrogen and oxygen atoms in total. The highest BCUT2D eigenvalue weighted by Crippen LogP contribution is 2.35. The van der Waals surface area contributed by atoms with Gasteiger partial charge in [0, 0.05) is 49.0 Å². The normalized spacial score (nSPS) is 19.8. The SMILES string of the molecule is CCOC(=O)C1(C)CCN(C(=O)C2CCC(C#Cc3nccc(-n4ccc5c(OCCCS(C)(=O)=O)cccc54)n3)CC2)CC1. The maximum Gasteiger partial charge on any atom is 0.311 e. The number of piperidine rings is 1. The maximum absolute atomic E-state index is 13.2. The molecule has 1 aliphatic heterocycles. The highest BCUT2D eigenvalue weighted by Gasteiger charge is 2.40. The monoisotopic (exact) mass is 634 g/mol. The second-order valence-electron chi connectivity index (χ2n) is 12.4. The van der Waals surface area contributed by atoms with Crippen LogP contribution in [0, 0.1) is 29.1 Å². The molecule has 45 heavy (non-hydrogen) atoms. The van der Waals surface area contributed by atoms with Crippen LogP contribution in [0.5, 0.6) is 5.75 Å². The van der Waals surface area contributed by atoms with Gasteiger partial charge in [-0.1, -0.05) is 12.0 Å². The van der Waals surface area contributed by atoms with Crippen molar-refractivity contribution in [2.45, 2.75) is 58.8 Å². The number of nitrogens with zero attached hydrogens (tertiary/aromatic N) is 4. The zero-order valence-electron chi connectivity index (χ0n) is 26.3. The third kappa shape index (κ3) is 8.03. The van der Waals surface area contributed by atoms with Crippen LogP contribution in [0.2, 0.25) is 0 Å². The van der Waals surface area contributed by atoms with Crippen molar-refractivity contribution >= 4 is 32.6 Å². The first-order chi connectivity index (χ1) is 21.6. The van der Waals surface area contributed by atoms with Crippen LogP contribution in [0.3, 0.4) is 0 Å². The van der Waals surface area contributed by atoms with Gasteiger partial charge < -0.3 is 18.9 Å². The van der Waals surface area contributed by atoms with Crippen molar-refractivity contribution in [2.24, 2.45) is 17.3 Å². The Labute approximate surface area is 265 Å². The number of ether oxygens (including phenoxy) is 2. The van der Waals surface area contributed by atoms with Gasteiger partial charge >= 0.3 is 5.97 Å². The first-order valence-corrected chi connectivity index (χ1v) is 17.8. The van der Waals surface area contributed by atoms with E-state index in [2.05, 4.69) is 16.8 Å². The van der Waals surface area contributed by atoms with Crippen LogP contribution >= 0.6 is 0 Å². The lowest BCUT2D eigenvalue weighted by Crippen LogP contribution is -2.47. The number of rotatable bonds is 9. The molecule has 1 amide bonds. The van der Waals surface area contributed by atoms with Crippen molar-refractivity contribution in [3.05, 3.63) is 48.5 Å². The summed E-state index contributed by atoms with van der Waals surface area (Å²) < 4.78 is 35.9. The fourth-order valence-electron chi connectivity index (χ4n) is 6.15. The van der Waals surface area contributed by atoms with E-state index in [1.807, 2.05) is 59.8 Å². The fraction of sp³-hybridized carbons (Fsp3) is 0.529. The van der Waals surface area contributed by atoms with Gasteiger partial charge in [0.2, 0.25) is 11.7 Å². The molecule has 0 spiro atoms. The molecule has 2 aromatic heterocycles. The summed E-state index contributed by atoms with van der Waals surface area (Å²) in [6.45, 7) is 5.64. The molecular formula is C34H42N4O6S. The minimum absolute atomic E-state index is 0.00477. The van der Waals surface area contributed by atoms with Crippen LogP contribution in [0.15, 0.2) is 42.7 Å². The number of hydrogen-bond acceptors (Lipinski definition) is 8. The Morgan fingerprint density at radius 2 is 1.84 bits per heavy atom. The average Bonchev–Trinajstić information content (AvgIpc) is 3.47. The van der Waals surface area contributed by atoms with Crippen LogP contribution in [-0.2, 0) is 24.2 Å². The molecule has 1 saturated carbocycles. The van der Waals surface area contributed by atoms with Crippen molar-refractivity contribution < 1.29 is 27.5 Å². The summed E-state index contributed by atoms with van der Waals surface area (Å²) in [6, 6.07) is 9.54. The Morgan fingerprint density at radius 1 is 1.09 bits per heavy atom. The topological polar surface area (TPSA) is 121 Å². The van der Waals surface area contributed by atoms with Gasteiger partial charge in [0.1, 0.15) is 21.4 Å². The van der Waals surface area contributed by atoms with E-state index >= 15 is 0 Å². The van der Waals surface area contributed by atoms with Gasteiger partial charge in [0.05, 0.1) is 29.9 Å². The number of amides is 1. The van der Waals surface area contributed by atoms with Gasteiger partial charge in [0.15, 0.2) is 0 Å². The Hall–Kier alpha value is -3.91. The van der Waals surface area contributed by atoms with Crippen molar-refractivity contribution in [3.8, 4) is 23.4 Å². The number of hydrogen-bond donors (Lipinski definition) is 0. The lowest BCUT2D eigenvalue weighted by Gasteiger charge is -2.39. The average molecular weight is 635 g/mol. The predicted octanol–water partition coefficient (Wildman–Crippen LogP) is 4.58. The highest BCUT2D eigenvalue weighted by atomic mass is 32.2. The van der Waals surface area contributed by atoms with E-state index < -0.39 is 15.3 Å². The summed E-state index contributed by atoms with van der Waals surface area (Å²) in [5.74, 6) is 8.65. The van der Waals surface area contributed by atoms with Crippen molar-refractivity contribution in [2.75, 3.05) is 38.3 Å². The van der Waals surface area contributed by atoms with Crippen LogP contribution in [0.25, 0.3) is 16.7 Å². The number of carbonyl (C=O) groups excluding carboxylic acids is 2. The van der Waals surface area contributed by atoms with E-state index in [4.69, 9.17) is 14.5 Å². The van der Waals surface area contributed by atoms with Crippen LogP contribution in [0.4, 0.5) is 0 Å². The van der Waals surface area contributed by atoms with Crippen molar-refractivity contribution in [1.82, 2.24) is 19.4 Å². The zero-order chi connectivity index (χ0) is 32.0. The zero-order valence-corrected chi connectivity index (χ0v) is 27.1. The van der Waals surface area contributed by atoms with Crippen molar-refractivity contribution in [3.63, 3.8) is 0 Å². The molecule has 0 N–H and O–H groups in total. The minimum Gasteiger partial charge on any atom is -0.493 e. The quantitative estimate of drug-likeness (QED) is 0.191. The lowest BCUT2D eigenvalue weighted by atomic mass is 9.78. The van der Waals surface area contributed by atoms with Gasteiger partial charge in [0.25, 0.3) is 0 Å². The molecule has 2 aliphatic rings. The Morgan fingerprint density at radius 3 is 2.56 bits per heavy atom. The summed E-state index contributed by atoms with van der Waals surface area (Å²) >= 11 is 0. The first-order valence-electron chi connectivity index (χ1n) is 15.8. The van der Waals surface area contributed by atoms with E-state index in [0.29, 0.717) is 63.0 Å². The minimum atomic E-state index is -3.02. The number of esters is 1. The van der Waals surface area contributed by atoms with Gasteiger partial charge in [-0.2, -0.15) is 0 Å². The number of benzene rings is 1. The number of sulfone groups is 1. The maximum atomic E-state index is 13.2. The number of likely N-dealkylation sites (tertiary alicyclic amines) is 1. The summed E-state index contributed by atoms with van der Waals surface area (Å²) in [5, 5.41) is 0.909. The molecule has 3 aromatic rings. The molecule has 1 saturated heterocycles. The fourth-order valence-corrected chi connectivity index (χ4v) is 6.79. The summed E-state index contributed by atoms with van der Waals surface area (Å²) in [5.41, 5.74) is 0.407. The summed E-state index contributed by atoms with van der Waals surface area (Å²) in [7, 11) is -3.02. The van der Waals surface area contributed by atoms with Crippen molar-refractivity contribution in [1.29, 1.82) is 0 Å². The molecular weight excluding hydrogens is 592 g/mol. The predicted molar refractivity (Wildman–Crippen MR) is 172 cm³/mol. The number of fused-ring (bicyclic) bond motifs is 1. The molecule has 11 heteroatoms.